The van der Waals surface area contributed by atoms with Gasteiger partial charge in [0.1, 0.15) is 5.69 Å². The molecule has 0 spiro atoms. The van der Waals surface area contributed by atoms with Gasteiger partial charge in [-0.25, -0.2) is 9.67 Å². The third-order valence-electron chi connectivity index (χ3n) is 3.93. The van der Waals surface area contributed by atoms with Crippen LogP contribution >= 0.6 is 11.3 Å². The number of hydrogen-bond acceptors (Lipinski definition) is 5. The number of anilines is 1. The number of rotatable bonds is 4. The Morgan fingerprint density at radius 1 is 1.20 bits per heavy atom. The van der Waals surface area contributed by atoms with Crippen molar-refractivity contribution in [1.29, 1.82) is 0 Å². The van der Waals surface area contributed by atoms with E-state index < -0.39 is 0 Å². The SMILES string of the molecule is CCn1nc(C(=O)Nc2nc(-c3ccc(C)c(C)c3)cs2)ccc1=O. The Balaban J connectivity index is 1.80. The molecule has 1 aromatic carbocycles. The van der Waals surface area contributed by atoms with Crippen LogP contribution in [0.4, 0.5) is 5.13 Å². The summed E-state index contributed by atoms with van der Waals surface area (Å²) >= 11 is 1.35. The molecule has 0 fully saturated rings. The maximum Gasteiger partial charge on any atom is 0.277 e. The van der Waals surface area contributed by atoms with Crippen molar-refractivity contribution in [3.63, 3.8) is 0 Å². The number of amides is 1. The monoisotopic (exact) mass is 354 g/mol. The van der Waals surface area contributed by atoms with Gasteiger partial charge < -0.3 is 0 Å². The second-order valence-electron chi connectivity index (χ2n) is 5.66. The molecule has 0 aliphatic rings. The smallest absolute Gasteiger partial charge is 0.277 e. The first-order valence-electron chi connectivity index (χ1n) is 7.90. The molecule has 0 aliphatic heterocycles. The molecule has 0 saturated heterocycles. The van der Waals surface area contributed by atoms with Crippen LogP contribution in [0.2, 0.25) is 0 Å². The average Bonchev–Trinajstić information content (AvgIpc) is 3.06. The Kier molecular flexibility index (Phi) is 4.76. The number of nitrogens with one attached hydrogen (secondary N) is 1. The van der Waals surface area contributed by atoms with E-state index in [1.165, 1.54) is 39.3 Å². The van der Waals surface area contributed by atoms with Crippen molar-refractivity contribution >= 4 is 22.4 Å². The van der Waals surface area contributed by atoms with Gasteiger partial charge in [0, 0.05) is 23.6 Å². The molecule has 0 bridgehead atoms. The predicted octanol–water partition coefficient (Wildman–Crippen LogP) is 3.26. The Morgan fingerprint density at radius 2 is 2.00 bits per heavy atom. The maximum atomic E-state index is 12.3. The third kappa shape index (κ3) is 3.66. The predicted molar refractivity (Wildman–Crippen MR) is 99.1 cm³/mol. The topological polar surface area (TPSA) is 76.9 Å². The highest BCUT2D eigenvalue weighted by molar-refractivity contribution is 7.14. The highest BCUT2D eigenvalue weighted by Gasteiger charge is 2.12. The van der Waals surface area contributed by atoms with Gasteiger partial charge in [-0.05, 0) is 44.0 Å². The van der Waals surface area contributed by atoms with Gasteiger partial charge in [-0.3, -0.25) is 14.9 Å². The van der Waals surface area contributed by atoms with Gasteiger partial charge >= 0.3 is 0 Å². The lowest BCUT2D eigenvalue weighted by Crippen LogP contribution is -2.25. The van der Waals surface area contributed by atoms with E-state index in [-0.39, 0.29) is 17.2 Å². The molecular formula is C18H18N4O2S. The van der Waals surface area contributed by atoms with E-state index >= 15 is 0 Å². The molecule has 1 amide bonds. The minimum Gasteiger partial charge on any atom is -0.296 e. The van der Waals surface area contributed by atoms with Gasteiger partial charge in [0.25, 0.3) is 11.5 Å². The number of benzene rings is 1. The highest BCUT2D eigenvalue weighted by atomic mass is 32.1. The van der Waals surface area contributed by atoms with Gasteiger partial charge in [0.05, 0.1) is 5.69 Å². The zero-order valence-corrected chi connectivity index (χ0v) is 15.1. The summed E-state index contributed by atoms with van der Waals surface area (Å²) in [5.41, 5.74) is 4.20. The summed E-state index contributed by atoms with van der Waals surface area (Å²) in [6, 6.07) is 8.91. The van der Waals surface area contributed by atoms with Crippen molar-refractivity contribution in [2.75, 3.05) is 5.32 Å². The molecule has 25 heavy (non-hydrogen) atoms. The van der Waals surface area contributed by atoms with Gasteiger partial charge in [-0.2, -0.15) is 5.10 Å². The Morgan fingerprint density at radius 3 is 2.72 bits per heavy atom. The first-order chi connectivity index (χ1) is 12.0. The lowest BCUT2D eigenvalue weighted by molar-refractivity contribution is 0.102. The molecule has 6 nitrogen and oxygen atoms in total. The van der Waals surface area contributed by atoms with E-state index in [9.17, 15) is 9.59 Å². The van der Waals surface area contributed by atoms with Crippen LogP contribution < -0.4 is 10.9 Å². The summed E-state index contributed by atoms with van der Waals surface area (Å²) in [7, 11) is 0. The fraction of sp³-hybridized carbons (Fsp3) is 0.222. The van der Waals surface area contributed by atoms with Gasteiger partial charge in [0.15, 0.2) is 5.13 Å². The fourth-order valence-corrected chi connectivity index (χ4v) is 3.04. The van der Waals surface area contributed by atoms with Crippen LogP contribution in [0.25, 0.3) is 11.3 Å². The number of aromatic nitrogens is 3. The zero-order valence-electron chi connectivity index (χ0n) is 14.2. The number of carbonyl (C=O) groups excluding carboxylic acids is 1. The number of thiazole rings is 1. The van der Waals surface area contributed by atoms with Crippen molar-refractivity contribution in [2.45, 2.75) is 27.3 Å². The Hall–Kier alpha value is -2.80. The molecule has 0 unspecified atom stereocenters. The Bertz CT molecular complexity index is 991. The molecule has 7 heteroatoms. The van der Waals surface area contributed by atoms with Crippen LogP contribution in [0.15, 0.2) is 40.5 Å². The van der Waals surface area contributed by atoms with Gasteiger partial charge in [-0.1, -0.05) is 12.1 Å². The normalized spacial score (nSPS) is 10.7. The second-order valence-corrected chi connectivity index (χ2v) is 6.52. The second kappa shape index (κ2) is 6.98. The molecule has 0 radical (unpaired) electrons. The fourth-order valence-electron chi connectivity index (χ4n) is 2.32. The minimum absolute atomic E-state index is 0.185. The molecule has 0 aliphatic carbocycles. The van der Waals surface area contributed by atoms with Crippen molar-refractivity contribution < 1.29 is 4.79 Å². The number of aryl methyl sites for hydroxylation is 3. The minimum atomic E-state index is -0.386. The summed E-state index contributed by atoms with van der Waals surface area (Å²) in [6.07, 6.45) is 0. The van der Waals surface area contributed by atoms with Gasteiger partial charge in [0.2, 0.25) is 0 Å². The molecule has 2 aromatic heterocycles. The van der Waals surface area contributed by atoms with Crippen molar-refractivity contribution in [3.05, 3.63) is 62.9 Å². The molecule has 2 heterocycles. The van der Waals surface area contributed by atoms with Crippen molar-refractivity contribution in [3.8, 4) is 11.3 Å². The van der Waals surface area contributed by atoms with E-state index in [1.54, 1.807) is 6.92 Å². The average molecular weight is 354 g/mol. The number of carbonyl (C=O) groups is 1. The molecule has 128 valence electrons. The number of hydrogen-bond donors (Lipinski definition) is 1. The van der Waals surface area contributed by atoms with E-state index in [0.717, 1.165) is 11.3 Å². The zero-order chi connectivity index (χ0) is 18.0. The third-order valence-corrected chi connectivity index (χ3v) is 4.68. The van der Waals surface area contributed by atoms with Crippen LogP contribution in [0.3, 0.4) is 0 Å². The maximum absolute atomic E-state index is 12.3. The van der Waals surface area contributed by atoms with Gasteiger partial charge in [-0.15, -0.1) is 11.3 Å². The van der Waals surface area contributed by atoms with Crippen LogP contribution in [-0.4, -0.2) is 20.7 Å². The molecule has 3 aromatic rings. The summed E-state index contributed by atoms with van der Waals surface area (Å²) in [5.74, 6) is -0.386. The molecule has 0 atom stereocenters. The highest BCUT2D eigenvalue weighted by Crippen LogP contribution is 2.26. The van der Waals surface area contributed by atoms with Crippen LogP contribution in [0, 0.1) is 13.8 Å². The van der Waals surface area contributed by atoms with E-state index in [1.807, 2.05) is 11.4 Å². The van der Waals surface area contributed by atoms with Crippen molar-refractivity contribution in [1.82, 2.24) is 14.8 Å². The van der Waals surface area contributed by atoms with Crippen molar-refractivity contribution in [2.24, 2.45) is 0 Å². The first kappa shape index (κ1) is 17.0. The van der Waals surface area contributed by atoms with Crippen LogP contribution in [-0.2, 0) is 6.54 Å². The van der Waals surface area contributed by atoms with Crippen LogP contribution in [0.5, 0.6) is 0 Å². The summed E-state index contributed by atoms with van der Waals surface area (Å²) in [6.45, 7) is 6.33. The lowest BCUT2D eigenvalue weighted by Gasteiger charge is -2.04. The number of nitrogens with zero attached hydrogens (tertiary/aromatic N) is 3. The first-order valence-corrected chi connectivity index (χ1v) is 8.78. The largest absolute Gasteiger partial charge is 0.296 e. The van der Waals surface area contributed by atoms with E-state index in [2.05, 4.69) is 41.4 Å². The quantitative estimate of drug-likeness (QED) is 0.780. The van der Waals surface area contributed by atoms with Crippen LogP contribution in [0.1, 0.15) is 28.5 Å². The molecule has 3 rings (SSSR count). The molecule has 1 N–H and O–H groups in total. The molecular weight excluding hydrogens is 336 g/mol. The summed E-state index contributed by atoms with van der Waals surface area (Å²) in [5, 5.41) is 9.18. The lowest BCUT2D eigenvalue weighted by atomic mass is 10.1. The van der Waals surface area contributed by atoms with E-state index in [4.69, 9.17) is 0 Å². The Labute approximate surface area is 149 Å². The molecule has 0 saturated carbocycles. The summed E-state index contributed by atoms with van der Waals surface area (Å²) < 4.78 is 1.25. The summed E-state index contributed by atoms with van der Waals surface area (Å²) in [4.78, 5) is 28.3. The standard InChI is InChI=1S/C18H18N4O2S/c1-4-22-16(23)8-7-14(21-22)17(24)20-18-19-15(10-25-18)13-6-5-11(2)12(3)9-13/h5-10H,4H2,1-3H3,(H,19,20,24). The van der Waals surface area contributed by atoms with E-state index in [0.29, 0.717) is 11.7 Å².